The number of aliphatic hydroxyl groups is 1. The first-order valence-electron chi connectivity index (χ1n) is 8.61. The number of amides is 1. The van der Waals surface area contributed by atoms with Crippen LogP contribution in [0.5, 0.6) is 0 Å². The van der Waals surface area contributed by atoms with Gasteiger partial charge in [-0.3, -0.25) is 10.2 Å². The molecule has 1 aliphatic heterocycles. The Morgan fingerprint density at radius 1 is 1.32 bits per heavy atom. The van der Waals surface area contributed by atoms with Crippen LogP contribution in [0.3, 0.4) is 0 Å². The molecule has 0 radical (unpaired) electrons. The maximum absolute atomic E-state index is 12.2. The summed E-state index contributed by atoms with van der Waals surface area (Å²) >= 11 is 0. The monoisotopic (exact) mass is 313 g/mol. The van der Waals surface area contributed by atoms with Crippen LogP contribution in [0.2, 0.25) is 0 Å². The summed E-state index contributed by atoms with van der Waals surface area (Å²) in [6, 6.07) is -0.290. The van der Waals surface area contributed by atoms with Crippen molar-refractivity contribution in [1.29, 1.82) is 0 Å². The molecule has 2 rings (SSSR count). The van der Waals surface area contributed by atoms with E-state index in [9.17, 15) is 9.90 Å². The minimum atomic E-state index is -1.13. The van der Waals surface area contributed by atoms with E-state index in [2.05, 4.69) is 5.43 Å². The fourth-order valence-electron chi connectivity index (χ4n) is 3.69. The number of nitrogens with zero attached hydrogens (tertiary/aromatic N) is 1. The van der Waals surface area contributed by atoms with Crippen LogP contribution in [0.1, 0.15) is 51.4 Å². The summed E-state index contributed by atoms with van der Waals surface area (Å²) in [5.74, 6) is 0.172. The second-order valence-electron chi connectivity index (χ2n) is 6.77. The molecule has 0 spiro atoms. The van der Waals surface area contributed by atoms with E-state index in [4.69, 9.17) is 10.5 Å². The number of carbonyl (C=O) groups is 1. The number of hydrogen-bond donors (Lipinski definition) is 3. The van der Waals surface area contributed by atoms with Crippen molar-refractivity contribution in [3.8, 4) is 0 Å². The fourth-order valence-corrected chi connectivity index (χ4v) is 3.69. The third kappa shape index (κ3) is 4.91. The quantitative estimate of drug-likeness (QED) is 0.647. The Morgan fingerprint density at radius 2 is 2.05 bits per heavy atom. The standard InChI is InChI=1S/C16H31N3O3/c1-22-11-13-8-5-9-19(13)18-16(21)15(20)14(17)10-12-6-3-2-4-7-12/h12-15,20H,2-11,17H2,1H3,(H,18,21)/t13-,14+,15?/m0/s1. The van der Waals surface area contributed by atoms with Gasteiger partial charge in [-0.25, -0.2) is 5.01 Å². The largest absolute Gasteiger partial charge is 0.383 e. The smallest absolute Gasteiger partial charge is 0.264 e. The van der Waals surface area contributed by atoms with E-state index >= 15 is 0 Å². The molecule has 1 aliphatic carbocycles. The lowest BCUT2D eigenvalue weighted by molar-refractivity contribution is -0.136. The summed E-state index contributed by atoms with van der Waals surface area (Å²) in [6.07, 6.45) is 7.75. The molecule has 0 aromatic carbocycles. The maximum atomic E-state index is 12.2. The third-order valence-electron chi connectivity index (χ3n) is 4.99. The first-order chi connectivity index (χ1) is 10.6. The molecular formula is C16H31N3O3. The number of methoxy groups -OCH3 is 1. The molecule has 1 saturated carbocycles. The number of hydrogen-bond acceptors (Lipinski definition) is 5. The number of nitrogens with two attached hydrogens (primary N) is 1. The average molecular weight is 313 g/mol. The van der Waals surface area contributed by atoms with Gasteiger partial charge in [0, 0.05) is 19.7 Å². The molecule has 1 unspecified atom stereocenters. The zero-order valence-electron chi connectivity index (χ0n) is 13.7. The van der Waals surface area contributed by atoms with Gasteiger partial charge < -0.3 is 15.6 Å². The van der Waals surface area contributed by atoms with Crippen LogP contribution < -0.4 is 11.2 Å². The van der Waals surface area contributed by atoms with Crippen molar-refractivity contribution < 1.29 is 14.6 Å². The number of ether oxygens (including phenoxy) is 1. The highest BCUT2D eigenvalue weighted by molar-refractivity contribution is 5.80. The molecule has 0 aromatic heterocycles. The van der Waals surface area contributed by atoms with E-state index in [1.165, 1.54) is 32.1 Å². The first kappa shape index (κ1) is 17.7. The van der Waals surface area contributed by atoms with Gasteiger partial charge in [-0.05, 0) is 25.2 Å². The SMILES string of the molecule is COC[C@@H]1CCCN1NC(=O)C(O)[C@H](N)CC1CCCCC1. The highest BCUT2D eigenvalue weighted by Crippen LogP contribution is 2.27. The first-order valence-corrected chi connectivity index (χ1v) is 8.61. The molecule has 6 nitrogen and oxygen atoms in total. The Bertz CT molecular complexity index is 348. The van der Waals surface area contributed by atoms with Gasteiger partial charge in [0.2, 0.25) is 0 Å². The van der Waals surface area contributed by atoms with E-state index in [-0.39, 0.29) is 11.9 Å². The summed E-state index contributed by atoms with van der Waals surface area (Å²) in [5, 5.41) is 12.1. The highest BCUT2D eigenvalue weighted by Gasteiger charge is 2.31. The number of hydrazine groups is 1. The Labute approximate surface area is 133 Å². The van der Waals surface area contributed by atoms with Crippen LogP contribution in [0, 0.1) is 5.92 Å². The van der Waals surface area contributed by atoms with Crippen molar-refractivity contribution in [3.63, 3.8) is 0 Å². The van der Waals surface area contributed by atoms with Crippen LogP contribution >= 0.6 is 0 Å². The lowest BCUT2D eigenvalue weighted by atomic mass is 9.84. The van der Waals surface area contributed by atoms with Crippen molar-refractivity contribution in [2.45, 2.75) is 69.6 Å². The zero-order valence-corrected chi connectivity index (χ0v) is 13.7. The maximum Gasteiger partial charge on any atom is 0.264 e. The topological polar surface area (TPSA) is 87.8 Å². The van der Waals surface area contributed by atoms with Gasteiger partial charge in [-0.2, -0.15) is 0 Å². The molecule has 6 heteroatoms. The highest BCUT2D eigenvalue weighted by atomic mass is 16.5. The average Bonchev–Trinajstić information content (AvgIpc) is 2.95. The minimum Gasteiger partial charge on any atom is -0.383 e. The Balaban J connectivity index is 1.77. The molecule has 1 heterocycles. The number of nitrogens with one attached hydrogen (secondary N) is 1. The molecule has 1 saturated heterocycles. The lowest BCUT2D eigenvalue weighted by Gasteiger charge is -2.29. The Hall–Kier alpha value is -0.690. The van der Waals surface area contributed by atoms with Crippen molar-refractivity contribution in [2.75, 3.05) is 20.3 Å². The summed E-state index contributed by atoms with van der Waals surface area (Å²) in [5.41, 5.74) is 8.88. The molecule has 22 heavy (non-hydrogen) atoms. The Kier molecular flexibility index (Phi) is 7.08. The summed E-state index contributed by atoms with van der Waals surface area (Å²) in [6.45, 7) is 1.38. The van der Waals surface area contributed by atoms with Crippen LogP contribution in [-0.2, 0) is 9.53 Å². The summed E-state index contributed by atoms with van der Waals surface area (Å²) in [4.78, 5) is 12.2. The lowest BCUT2D eigenvalue weighted by Crippen LogP contribution is -2.54. The van der Waals surface area contributed by atoms with Crippen molar-refractivity contribution in [1.82, 2.24) is 10.4 Å². The van der Waals surface area contributed by atoms with Crippen molar-refractivity contribution in [3.05, 3.63) is 0 Å². The van der Waals surface area contributed by atoms with Gasteiger partial charge in [0.15, 0.2) is 0 Å². The minimum absolute atomic E-state index is 0.190. The molecule has 0 aromatic rings. The number of carbonyl (C=O) groups excluding carboxylic acids is 1. The molecule has 1 amide bonds. The second-order valence-corrected chi connectivity index (χ2v) is 6.77. The molecule has 128 valence electrons. The van der Waals surface area contributed by atoms with Crippen molar-refractivity contribution >= 4 is 5.91 Å². The van der Waals surface area contributed by atoms with Crippen molar-refractivity contribution in [2.24, 2.45) is 11.7 Å². The van der Waals surface area contributed by atoms with Gasteiger partial charge in [0.1, 0.15) is 6.10 Å². The van der Waals surface area contributed by atoms with Gasteiger partial charge in [0.25, 0.3) is 5.91 Å². The number of rotatable bonds is 7. The van der Waals surface area contributed by atoms with E-state index in [1.807, 2.05) is 5.01 Å². The van der Waals surface area contributed by atoms with Crippen LogP contribution in [0.15, 0.2) is 0 Å². The molecule has 2 aliphatic rings. The van der Waals surface area contributed by atoms with Gasteiger partial charge >= 0.3 is 0 Å². The van der Waals surface area contributed by atoms with Crippen LogP contribution in [0.4, 0.5) is 0 Å². The third-order valence-corrected chi connectivity index (χ3v) is 4.99. The molecule has 0 bridgehead atoms. The van der Waals surface area contributed by atoms with Gasteiger partial charge in [-0.15, -0.1) is 0 Å². The van der Waals surface area contributed by atoms with Gasteiger partial charge in [-0.1, -0.05) is 32.1 Å². The predicted octanol–water partition coefficient (Wildman–Crippen LogP) is 0.787. The molecule has 4 N–H and O–H groups in total. The van der Waals surface area contributed by atoms with Gasteiger partial charge in [0.05, 0.1) is 12.6 Å². The molecular weight excluding hydrogens is 282 g/mol. The fraction of sp³-hybridized carbons (Fsp3) is 0.938. The summed E-state index contributed by atoms with van der Waals surface area (Å²) in [7, 11) is 1.66. The van der Waals surface area contributed by atoms with Crippen LogP contribution in [0.25, 0.3) is 0 Å². The molecule has 2 fully saturated rings. The molecule has 3 atom stereocenters. The normalized spacial score (nSPS) is 26.8. The van der Waals surface area contributed by atoms with E-state index in [0.717, 1.165) is 25.8 Å². The van der Waals surface area contributed by atoms with E-state index < -0.39 is 12.1 Å². The summed E-state index contributed by atoms with van der Waals surface area (Å²) < 4.78 is 5.17. The number of aliphatic hydroxyl groups excluding tert-OH is 1. The second kappa shape index (κ2) is 8.82. The van der Waals surface area contributed by atoms with E-state index in [0.29, 0.717) is 12.5 Å². The van der Waals surface area contributed by atoms with Crippen LogP contribution in [-0.4, -0.2) is 54.5 Å². The Morgan fingerprint density at radius 3 is 2.73 bits per heavy atom. The zero-order chi connectivity index (χ0) is 15.9. The van der Waals surface area contributed by atoms with E-state index in [1.54, 1.807) is 7.11 Å². The predicted molar refractivity (Wildman–Crippen MR) is 84.9 cm³/mol.